The van der Waals surface area contributed by atoms with Crippen molar-refractivity contribution in [1.82, 2.24) is 5.32 Å². The Labute approximate surface area is 138 Å². The normalized spacial score (nSPS) is 11.5. The minimum absolute atomic E-state index is 0. The van der Waals surface area contributed by atoms with E-state index in [2.05, 4.69) is 36.5 Å². The lowest BCUT2D eigenvalue weighted by atomic mass is 10.1. The van der Waals surface area contributed by atoms with Crippen LogP contribution in [-0.4, -0.2) is 24.3 Å². The van der Waals surface area contributed by atoms with Gasteiger partial charge in [-0.2, -0.15) is 0 Å². The van der Waals surface area contributed by atoms with Crippen molar-refractivity contribution in [1.29, 1.82) is 0 Å². The Morgan fingerprint density at radius 3 is 2.32 bits per heavy atom. The molecule has 0 spiro atoms. The van der Waals surface area contributed by atoms with E-state index in [9.17, 15) is 0 Å². The fourth-order valence-corrected chi connectivity index (χ4v) is 2.21. The number of aliphatic hydroxyl groups excluding tert-OH is 1. The van der Waals surface area contributed by atoms with E-state index in [1.807, 2.05) is 30.3 Å². The molecule has 120 valence electrons. The van der Waals surface area contributed by atoms with E-state index in [0.29, 0.717) is 12.6 Å². The third kappa shape index (κ3) is 6.48. The molecule has 0 aliphatic rings. The van der Waals surface area contributed by atoms with Gasteiger partial charge >= 0.3 is 0 Å². The highest BCUT2D eigenvalue weighted by molar-refractivity contribution is 5.85. The monoisotopic (exact) mass is 321 g/mol. The maximum Gasteiger partial charge on any atom is 0.119 e. The van der Waals surface area contributed by atoms with E-state index in [1.54, 1.807) is 0 Å². The first-order chi connectivity index (χ1) is 10.3. The number of aliphatic hydroxyl groups is 1. The fourth-order valence-electron chi connectivity index (χ4n) is 2.21. The summed E-state index contributed by atoms with van der Waals surface area (Å²) in [5.41, 5.74) is 2.25. The van der Waals surface area contributed by atoms with Gasteiger partial charge in [-0.05, 0) is 36.6 Å². The van der Waals surface area contributed by atoms with Crippen molar-refractivity contribution in [2.45, 2.75) is 26.0 Å². The highest BCUT2D eigenvalue weighted by Gasteiger charge is 2.02. The number of hydrogen-bond acceptors (Lipinski definition) is 3. The molecule has 0 saturated heterocycles. The van der Waals surface area contributed by atoms with Crippen molar-refractivity contribution in [2.75, 3.05) is 13.2 Å². The Morgan fingerprint density at radius 2 is 1.68 bits per heavy atom. The molecule has 0 amide bonds. The SMILES string of the molecule is CC(Cc1ccccc1)NCCOc1ccc(CO)cc1.Cl. The molecule has 3 nitrogen and oxygen atoms in total. The second-order valence-electron chi connectivity index (χ2n) is 5.20. The molecule has 0 fully saturated rings. The van der Waals surface area contributed by atoms with Gasteiger partial charge in [0, 0.05) is 12.6 Å². The van der Waals surface area contributed by atoms with Crippen LogP contribution in [-0.2, 0) is 13.0 Å². The van der Waals surface area contributed by atoms with Crippen molar-refractivity contribution in [2.24, 2.45) is 0 Å². The Kier molecular flexibility index (Phi) is 8.60. The van der Waals surface area contributed by atoms with E-state index >= 15 is 0 Å². The van der Waals surface area contributed by atoms with Gasteiger partial charge in [0.2, 0.25) is 0 Å². The number of nitrogens with one attached hydrogen (secondary N) is 1. The van der Waals surface area contributed by atoms with Crippen LogP contribution in [0.2, 0.25) is 0 Å². The van der Waals surface area contributed by atoms with Crippen LogP contribution < -0.4 is 10.1 Å². The van der Waals surface area contributed by atoms with Crippen LogP contribution in [0.15, 0.2) is 54.6 Å². The Balaban J connectivity index is 0.00000242. The average Bonchev–Trinajstić information content (AvgIpc) is 2.53. The first-order valence-corrected chi connectivity index (χ1v) is 7.38. The van der Waals surface area contributed by atoms with Crippen LogP contribution in [0.4, 0.5) is 0 Å². The summed E-state index contributed by atoms with van der Waals surface area (Å²) in [4.78, 5) is 0. The van der Waals surface area contributed by atoms with Crippen molar-refractivity contribution >= 4 is 12.4 Å². The number of halogens is 1. The standard InChI is InChI=1S/C18H23NO2.ClH/c1-15(13-16-5-3-2-4-6-16)19-11-12-21-18-9-7-17(14-20)8-10-18;/h2-10,15,19-20H,11-14H2,1H3;1H. The fraction of sp³-hybridized carbons (Fsp3) is 0.333. The van der Waals surface area contributed by atoms with Crippen molar-refractivity contribution in [3.05, 3.63) is 65.7 Å². The molecule has 2 aromatic rings. The number of benzene rings is 2. The molecule has 0 radical (unpaired) electrons. The summed E-state index contributed by atoms with van der Waals surface area (Å²) in [6.45, 7) is 3.70. The summed E-state index contributed by atoms with van der Waals surface area (Å²) in [5, 5.41) is 12.4. The molecule has 1 unspecified atom stereocenters. The predicted octanol–water partition coefficient (Wildman–Crippen LogP) is 3.20. The third-order valence-corrected chi connectivity index (χ3v) is 3.35. The van der Waals surface area contributed by atoms with Gasteiger partial charge in [0.05, 0.1) is 6.61 Å². The van der Waals surface area contributed by atoms with Crippen molar-refractivity contribution in [3.8, 4) is 5.75 Å². The highest BCUT2D eigenvalue weighted by atomic mass is 35.5. The molecule has 1 atom stereocenters. The van der Waals surface area contributed by atoms with Crippen LogP contribution in [0.5, 0.6) is 5.75 Å². The molecule has 22 heavy (non-hydrogen) atoms. The van der Waals surface area contributed by atoms with E-state index in [4.69, 9.17) is 9.84 Å². The summed E-state index contributed by atoms with van der Waals surface area (Å²) in [6.07, 6.45) is 1.02. The number of hydrogen-bond donors (Lipinski definition) is 2. The smallest absolute Gasteiger partial charge is 0.119 e. The maximum absolute atomic E-state index is 8.97. The van der Waals surface area contributed by atoms with Crippen LogP contribution in [0.3, 0.4) is 0 Å². The Bertz CT molecular complexity index is 516. The van der Waals surface area contributed by atoms with Crippen molar-refractivity contribution in [3.63, 3.8) is 0 Å². The van der Waals surface area contributed by atoms with Crippen molar-refractivity contribution < 1.29 is 9.84 Å². The van der Waals surface area contributed by atoms with Crippen LogP contribution in [0.1, 0.15) is 18.1 Å². The quantitative estimate of drug-likeness (QED) is 0.734. The molecule has 0 heterocycles. The van der Waals surface area contributed by atoms with E-state index in [-0.39, 0.29) is 19.0 Å². The maximum atomic E-state index is 8.97. The molecule has 0 aliphatic carbocycles. The number of ether oxygens (including phenoxy) is 1. The first kappa shape index (κ1) is 18.5. The minimum atomic E-state index is 0. The third-order valence-electron chi connectivity index (χ3n) is 3.35. The average molecular weight is 322 g/mol. The lowest BCUT2D eigenvalue weighted by Crippen LogP contribution is -2.31. The van der Waals surface area contributed by atoms with Gasteiger partial charge in [0.15, 0.2) is 0 Å². The van der Waals surface area contributed by atoms with E-state index in [0.717, 1.165) is 24.3 Å². The second-order valence-corrected chi connectivity index (χ2v) is 5.20. The molecule has 0 aromatic heterocycles. The van der Waals surface area contributed by atoms with Gasteiger partial charge in [0.25, 0.3) is 0 Å². The van der Waals surface area contributed by atoms with Gasteiger partial charge in [-0.3, -0.25) is 0 Å². The van der Waals surface area contributed by atoms with E-state index < -0.39 is 0 Å². The van der Waals surface area contributed by atoms with Crippen LogP contribution in [0, 0.1) is 0 Å². The Morgan fingerprint density at radius 1 is 1.00 bits per heavy atom. The lowest BCUT2D eigenvalue weighted by molar-refractivity contribution is 0.281. The van der Waals surface area contributed by atoms with Gasteiger partial charge in [-0.15, -0.1) is 12.4 Å². The van der Waals surface area contributed by atoms with Gasteiger partial charge in [-0.1, -0.05) is 42.5 Å². The lowest BCUT2D eigenvalue weighted by Gasteiger charge is -2.14. The largest absolute Gasteiger partial charge is 0.492 e. The first-order valence-electron chi connectivity index (χ1n) is 7.38. The van der Waals surface area contributed by atoms with Gasteiger partial charge < -0.3 is 15.2 Å². The molecule has 4 heteroatoms. The number of rotatable bonds is 8. The Hall–Kier alpha value is -1.55. The summed E-state index contributed by atoms with van der Waals surface area (Å²) >= 11 is 0. The van der Waals surface area contributed by atoms with Crippen LogP contribution >= 0.6 is 12.4 Å². The molecule has 2 N–H and O–H groups in total. The topological polar surface area (TPSA) is 41.5 Å². The predicted molar refractivity (Wildman–Crippen MR) is 92.7 cm³/mol. The van der Waals surface area contributed by atoms with Gasteiger partial charge in [-0.25, -0.2) is 0 Å². The molecule has 2 aromatic carbocycles. The zero-order valence-corrected chi connectivity index (χ0v) is 13.7. The molecule has 0 saturated carbocycles. The zero-order valence-electron chi connectivity index (χ0n) is 12.9. The van der Waals surface area contributed by atoms with Crippen LogP contribution in [0.25, 0.3) is 0 Å². The molecule has 2 rings (SSSR count). The highest BCUT2D eigenvalue weighted by Crippen LogP contribution is 2.11. The molecule has 0 aliphatic heterocycles. The molecular formula is C18H24ClNO2. The summed E-state index contributed by atoms with van der Waals surface area (Å²) in [6, 6.07) is 18.4. The second kappa shape index (κ2) is 10.2. The van der Waals surface area contributed by atoms with E-state index in [1.165, 1.54) is 5.56 Å². The van der Waals surface area contributed by atoms with Gasteiger partial charge in [0.1, 0.15) is 12.4 Å². The molecular weight excluding hydrogens is 298 g/mol. The summed E-state index contributed by atoms with van der Waals surface area (Å²) < 4.78 is 5.66. The molecule has 0 bridgehead atoms. The summed E-state index contributed by atoms with van der Waals surface area (Å²) in [5.74, 6) is 0.838. The zero-order chi connectivity index (χ0) is 14.9. The summed E-state index contributed by atoms with van der Waals surface area (Å²) in [7, 11) is 0. The minimum Gasteiger partial charge on any atom is -0.492 e.